The average molecular weight is 341 g/mol. The van der Waals surface area contributed by atoms with E-state index in [0.717, 1.165) is 12.6 Å². The van der Waals surface area contributed by atoms with Crippen LogP contribution in [-0.4, -0.2) is 37.8 Å². The monoisotopic (exact) mass is 341 g/mol. The molecular weight excluding hydrogens is 310 g/mol. The number of nitrogens with one attached hydrogen (secondary N) is 2. The smallest absolute Gasteiger partial charge is 0.191 e. The van der Waals surface area contributed by atoms with E-state index in [1.807, 2.05) is 7.05 Å². The maximum Gasteiger partial charge on any atom is 0.191 e. The van der Waals surface area contributed by atoms with Crippen LogP contribution in [0.4, 0.5) is 0 Å². The number of hydrogen-bond acceptors (Lipinski definition) is 2. The van der Waals surface area contributed by atoms with Crippen molar-refractivity contribution in [3.8, 4) is 0 Å². The maximum atomic E-state index is 6.03. The molecule has 1 spiro atoms. The van der Waals surface area contributed by atoms with Gasteiger partial charge in [-0.2, -0.15) is 0 Å². The number of nitrogens with zero attached hydrogens (tertiary/aromatic N) is 1. The summed E-state index contributed by atoms with van der Waals surface area (Å²) in [6.07, 6.45) is 5.64. The summed E-state index contributed by atoms with van der Waals surface area (Å²) in [6, 6.07) is 11.6. The van der Waals surface area contributed by atoms with Gasteiger partial charge in [-0.3, -0.25) is 4.99 Å². The Morgan fingerprint density at radius 2 is 2.00 bits per heavy atom. The van der Waals surface area contributed by atoms with Crippen LogP contribution < -0.4 is 10.6 Å². The van der Waals surface area contributed by atoms with Gasteiger partial charge in [0.15, 0.2) is 5.96 Å². The van der Waals surface area contributed by atoms with Gasteiger partial charge in [0.1, 0.15) is 0 Å². The van der Waals surface area contributed by atoms with E-state index in [-0.39, 0.29) is 0 Å². The molecule has 5 unspecified atom stereocenters. The lowest BCUT2D eigenvalue weighted by molar-refractivity contribution is -0.171. The van der Waals surface area contributed by atoms with Crippen LogP contribution in [-0.2, 0) is 4.74 Å². The maximum absolute atomic E-state index is 6.03. The molecule has 4 rings (SSSR count). The third-order valence-corrected chi connectivity index (χ3v) is 6.99. The lowest BCUT2D eigenvalue weighted by Gasteiger charge is -2.63. The highest BCUT2D eigenvalue weighted by Crippen LogP contribution is 2.62. The van der Waals surface area contributed by atoms with Gasteiger partial charge in [-0.15, -0.1) is 0 Å². The highest BCUT2D eigenvalue weighted by Gasteiger charge is 2.66. The van der Waals surface area contributed by atoms with Gasteiger partial charge in [0.25, 0.3) is 0 Å². The lowest BCUT2D eigenvalue weighted by atomic mass is 9.46. The molecule has 1 heterocycles. The Hall–Kier alpha value is -1.55. The standard InChI is InChI=1S/C21H31N3O/c1-14(16-8-5-4-6-9-16)15(2)23-20(22-3)24-18-17-10-13-25-19(17)21(18)11-7-12-21/h4-6,8-9,14-15,17-19H,7,10-13H2,1-3H3,(H2,22,23,24). The molecule has 1 aromatic carbocycles. The molecule has 2 N–H and O–H groups in total. The van der Waals surface area contributed by atoms with E-state index in [1.54, 1.807) is 0 Å². The zero-order valence-electron chi connectivity index (χ0n) is 15.7. The summed E-state index contributed by atoms with van der Waals surface area (Å²) >= 11 is 0. The van der Waals surface area contributed by atoms with Crippen LogP contribution >= 0.6 is 0 Å². The van der Waals surface area contributed by atoms with Crippen molar-refractivity contribution < 1.29 is 4.74 Å². The Morgan fingerprint density at radius 3 is 2.64 bits per heavy atom. The van der Waals surface area contributed by atoms with Gasteiger partial charge in [-0.1, -0.05) is 43.7 Å². The zero-order valence-corrected chi connectivity index (χ0v) is 15.7. The first-order valence-electron chi connectivity index (χ1n) is 9.82. The number of aliphatic imine (C=N–C) groups is 1. The van der Waals surface area contributed by atoms with Crippen molar-refractivity contribution in [2.24, 2.45) is 16.3 Å². The van der Waals surface area contributed by atoms with E-state index in [1.165, 1.54) is 31.2 Å². The average Bonchev–Trinajstić information content (AvgIpc) is 3.02. The van der Waals surface area contributed by atoms with Gasteiger partial charge >= 0.3 is 0 Å². The molecule has 1 aliphatic heterocycles. The van der Waals surface area contributed by atoms with Crippen LogP contribution in [0.15, 0.2) is 35.3 Å². The van der Waals surface area contributed by atoms with Crippen molar-refractivity contribution in [1.82, 2.24) is 10.6 Å². The molecule has 1 aromatic rings. The molecule has 0 radical (unpaired) electrons. The van der Waals surface area contributed by atoms with Gasteiger partial charge in [-0.25, -0.2) is 0 Å². The number of rotatable bonds is 4. The summed E-state index contributed by atoms with van der Waals surface area (Å²) in [6.45, 7) is 5.45. The minimum absolute atomic E-state index is 0.321. The van der Waals surface area contributed by atoms with Crippen molar-refractivity contribution in [2.75, 3.05) is 13.7 Å². The van der Waals surface area contributed by atoms with Crippen LogP contribution in [0, 0.1) is 11.3 Å². The molecular formula is C21H31N3O. The molecule has 4 heteroatoms. The molecule has 0 aromatic heterocycles. The second-order valence-corrected chi connectivity index (χ2v) is 8.16. The Morgan fingerprint density at radius 1 is 1.24 bits per heavy atom. The van der Waals surface area contributed by atoms with Crippen molar-refractivity contribution in [3.05, 3.63) is 35.9 Å². The molecule has 0 amide bonds. The molecule has 3 fully saturated rings. The van der Waals surface area contributed by atoms with E-state index in [2.05, 4.69) is 59.8 Å². The predicted octanol–water partition coefficient (Wildman–Crippen LogP) is 3.30. The minimum Gasteiger partial charge on any atom is -0.377 e. The minimum atomic E-state index is 0.321. The van der Waals surface area contributed by atoms with Gasteiger partial charge in [-0.05, 0) is 31.7 Å². The molecule has 136 valence electrons. The zero-order chi connectivity index (χ0) is 17.4. The molecule has 25 heavy (non-hydrogen) atoms. The second-order valence-electron chi connectivity index (χ2n) is 8.16. The van der Waals surface area contributed by atoms with E-state index in [9.17, 15) is 0 Å². The van der Waals surface area contributed by atoms with Crippen LogP contribution in [0.1, 0.15) is 51.0 Å². The fourth-order valence-electron chi connectivity index (χ4n) is 5.16. The number of hydrogen-bond donors (Lipinski definition) is 2. The molecule has 3 aliphatic rings. The molecule has 2 saturated carbocycles. The highest BCUT2D eigenvalue weighted by atomic mass is 16.5. The molecule has 0 bridgehead atoms. The quantitative estimate of drug-likeness (QED) is 0.652. The Bertz CT molecular complexity index is 625. The van der Waals surface area contributed by atoms with E-state index >= 15 is 0 Å². The fraction of sp³-hybridized carbons (Fsp3) is 0.667. The first kappa shape index (κ1) is 16.9. The summed E-state index contributed by atoms with van der Waals surface area (Å²) in [7, 11) is 1.88. The number of guanidine groups is 1. The van der Waals surface area contributed by atoms with Crippen molar-refractivity contribution in [1.29, 1.82) is 0 Å². The van der Waals surface area contributed by atoms with Gasteiger partial charge < -0.3 is 15.4 Å². The third kappa shape index (κ3) is 2.75. The topological polar surface area (TPSA) is 45.7 Å². The largest absolute Gasteiger partial charge is 0.377 e. The van der Waals surface area contributed by atoms with Crippen molar-refractivity contribution in [2.45, 2.75) is 63.6 Å². The normalized spacial score (nSPS) is 32.3. The van der Waals surface area contributed by atoms with Crippen LogP contribution in [0.5, 0.6) is 0 Å². The predicted molar refractivity (Wildman–Crippen MR) is 102 cm³/mol. The SMILES string of the molecule is CN=C(NC(C)C(C)c1ccccc1)NC1C2CCOC2C12CCC2. The molecule has 1 saturated heterocycles. The third-order valence-electron chi connectivity index (χ3n) is 6.99. The molecule has 5 atom stereocenters. The first-order valence-corrected chi connectivity index (χ1v) is 9.82. The summed E-state index contributed by atoms with van der Waals surface area (Å²) in [5.74, 6) is 2.04. The summed E-state index contributed by atoms with van der Waals surface area (Å²) in [5.41, 5.74) is 1.74. The van der Waals surface area contributed by atoms with Crippen molar-refractivity contribution >= 4 is 5.96 Å². The second kappa shape index (κ2) is 6.64. The highest BCUT2D eigenvalue weighted by molar-refractivity contribution is 5.80. The Kier molecular flexibility index (Phi) is 4.48. The fourth-order valence-corrected chi connectivity index (χ4v) is 5.16. The number of ether oxygens (including phenoxy) is 1. The molecule has 4 nitrogen and oxygen atoms in total. The van der Waals surface area contributed by atoms with Gasteiger partial charge in [0, 0.05) is 43.0 Å². The van der Waals surface area contributed by atoms with E-state index < -0.39 is 0 Å². The number of fused-ring (bicyclic) bond motifs is 2. The summed E-state index contributed by atoms with van der Waals surface area (Å²) in [4.78, 5) is 4.52. The number of benzene rings is 1. The van der Waals surface area contributed by atoms with Crippen LogP contribution in [0.2, 0.25) is 0 Å². The molecule has 2 aliphatic carbocycles. The summed E-state index contributed by atoms with van der Waals surface area (Å²) in [5, 5.41) is 7.39. The van der Waals surface area contributed by atoms with Gasteiger partial charge in [0.2, 0.25) is 0 Å². The van der Waals surface area contributed by atoms with Crippen LogP contribution in [0.25, 0.3) is 0 Å². The lowest BCUT2D eigenvalue weighted by Crippen LogP contribution is -2.72. The van der Waals surface area contributed by atoms with E-state index in [4.69, 9.17) is 4.74 Å². The van der Waals surface area contributed by atoms with Crippen molar-refractivity contribution in [3.63, 3.8) is 0 Å². The van der Waals surface area contributed by atoms with Gasteiger partial charge in [0.05, 0.1) is 6.10 Å². The van der Waals surface area contributed by atoms with Crippen LogP contribution in [0.3, 0.4) is 0 Å². The Labute approximate surface area is 151 Å². The van der Waals surface area contributed by atoms with E-state index in [0.29, 0.717) is 35.4 Å². The Balaban J connectivity index is 1.40. The summed E-state index contributed by atoms with van der Waals surface area (Å²) < 4.78 is 6.03. The first-order chi connectivity index (χ1) is 12.2.